The van der Waals surface area contributed by atoms with E-state index in [9.17, 15) is 9.18 Å². The molecule has 0 saturated carbocycles. The lowest BCUT2D eigenvalue weighted by atomic mass is 10.2. The molecule has 0 aliphatic rings. The number of carbonyl (C=O) groups excluding carboxylic acids is 1. The van der Waals surface area contributed by atoms with Crippen LogP contribution in [0.15, 0.2) is 48.7 Å². The van der Waals surface area contributed by atoms with Gasteiger partial charge in [0.1, 0.15) is 5.82 Å². The number of rotatable bonds is 2. The number of halogens is 2. The number of anilines is 2. The molecule has 0 atom stereocenters. The van der Waals surface area contributed by atoms with E-state index in [0.717, 1.165) is 17.0 Å². The number of urea groups is 1. The minimum Gasteiger partial charge on any atom is -0.361 e. The van der Waals surface area contributed by atoms with E-state index in [1.807, 2.05) is 24.4 Å². The molecule has 0 aliphatic carbocycles. The number of hydrogen-bond donors (Lipinski definition) is 3. The molecule has 6 heteroatoms. The van der Waals surface area contributed by atoms with Crippen LogP contribution < -0.4 is 10.6 Å². The van der Waals surface area contributed by atoms with E-state index in [4.69, 9.17) is 11.6 Å². The van der Waals surface area contributed by atoms with Gasteiger partial charge >= 0.3 is 6.03 Å². The van der Waals surface area contributed by atoms with Crippen molar-refractivity contribution in [3.8, 4) is 0 Å². The van der Waals surface area contributed by atoms with Gasteiger partial charge in [-0.15, -0.1) is 0 Å². The molecule has 0 bridgehead atoms. The third-order valence-corrected chi connectivity index (χ3v) is 3.30. The predicted molar refractivity (Wildman–Crippen MR) is 82.4 cm³/mol. The number of carbonyl (C=O) groups is 1. The molecule has 2 amide bonds. The Labute approximate surface area is 124 Å². The first-order chi connectivity index (χ1) is 10.1. The third kappa shape index (κ3) is 2.98. The Bertz CT molecular complexity index is 816. The second-order valence-electron chi connectivity index (χ2n) is 4.49. The number of aromatic nitrogens is 1. The lowest BCUT2D eigenvalue weighted by Gasteiger charge is -2.08. The van der Waals surface area contributed by atoms with Gasteiger partial charge in [-0.25, -0.2) is 9.18 Å². The average Bonchev–Trinajstić information content (AvgIpc) is 2.90. The number of nitrogens with one attached hydrogen (secondary N) is 3. The number of amides is 2. The van der Waals surface area contributed by atoms with Crippen molar-refractivity contribution in [3.05, 3.63) is 59.5 Å². The fourth-order valence-corrected chi connectivity index (χ4v) is 2.12. The Balaban J connectivity index is 1.71. The number of fused-ring (bicyclic) bond motifs is 1. The van der Waals surface area contributed by atoms with Crippen LogP contribution in [-0.4, -0.2) is 11.0 Å². The van der Waals surface area contributed by atoms with E-state index in [1.54, 1.807) is 6.07 Å². The Morgan fingerprint density at radius 1 is 1.05 bits per heavy atom. The standard InChI is InChI=1S/C15H11ClFN3O/c16-12-3-1-11(8-13(12)17)20-15(21)19-10-2-4-14-9(7-10)5-6-18-14/h1-8,18H,(H2,19,20,21). The summed E-state index contributed by atoms with van der Waals surface area (Å²) in [7, 11) is 0. The summed E-state index contributed by atoms with van der Waals surface area (Å²) in [6.45, 7) is 0. The Morgan fingerprint density at radius 2 is 1.76 bits per heavy atom. The monoisotopic (exact) mass is 303 g/mol. The van der Waals surface area contributed by atoms with Crippen LogP contribution in [0.3, 0.4) is 0 Å². The lowest BCUT2D eigenvalue weighted by Crippen LogP contribution is -2.19. The highest BCUT2D eigenvalue weighted by Gasteiger charge is 2.06. The van der Waals surface area contributed by atoms with Crippen LogP contribution in [0.5, 0.6) is 0 Å². The molecule has 21 heavy (non-hydrogen) atoms. The number of aromatic amines is 1. The van der Waals surface area contributed by atoms with Crippen molar-refractivity contribution in [2.45, 2.75) is 0 Å². The van der Waals surface area contributed by atoms with Gasteiger partial charge in [-0.1, -0.05) is 11.6 Å². The van der Waals surface area contributed by atoms with Gasteiger partial charge in [-0.3, -0.25) is 0 Å². The molecule has 0 saturated heterocycles. The van der Waals surface area contributed by atoms with Crippen molar-refractivity contribution in [3.63, 3.8) is 0 Å². The Kier molecular flexibility index (Phi) is 3.50. The molecule has 1 aromatic heterocycles. The fourth-order valence-electron chi connectivity index (χ4n) is 2.00. The van der Waals surface area contributed by atoms with Gasteiger partial charge < -0.3 is 15.6 Å². The largest absolute Gasteiger partial charge is 0.361 e. The molecule has 4 nitrogen and oxygen atoms in total. The molecule has 0 fully saturated rings. The Hall–Kier alpha value is -2.53. The summed E-state index contributed by atoms with van der Waals surface area (Å²) in [5, 5.41) is 6.23. The summed E-state index contributed by atoms with van der Waals surface area (Å²) in [5.41, 5.74) is 1.96. The minimum absolute atomic E-state index is 0.0128. The summed E-state index contributed by atoms with van der Waals surface area (Å²) in [4.78, 5) is 14.9. The highest BCUT2D eigenvalue weighted by atomic mass is 35.5. The molecular formula is C15H11ClFN3O. The van der Waals surface area contributed by atoms with E-state index >= 15 is 0 Å². The first-order valence-electron chi connectivity index (χ1n) is 6.22. The van der Waals surface area contributed by atoms with E-state index in [0.29, 0.717) is 11.4 Å². The zero-order valence-electron chi connectivity index (χ0n) is 10.8. The first kappa shape index (κ1) is 13.5. The zero-order valence-corrected chi connectivity index (χ0v) is 11.5. The van der Waals surface area contributed by atoms with Crippen LogP contribution >= 0.6 is 11.6 Å². The smallest absolute Gasteiger partial charge is 0.323 e. The normalized spacial score (nSPS) is 10.6. The maximum atomic E-state index is 13.3. The van der Waals surface area contributed by atoms with Crippen LogP contribution in [0, 0.1) is 5.82 Å². The minimum atomic E-state index is -0.580. The SMILES string of the molecule is O=C(Nc1ccc(Cl)c(F)c1)Nc1ccc2[nH]ccc2c1. The van der Waals surface area contributed by atoms with Gasteiger partial charge in [0.15, 0.2) is 0 Å². The third-order valence-electron chi connectivity index (χ3n) is 2.99. The topological polar surface area (TPSA) is 56.9 Å². The molecule has 3 N–H and O–H groups in total. The fraction of sp³-hybridized carbons (Fsp3) is 0. The summed E-state index contributed by atoms with van der Waals surface area (Å²) < 4.78 is 13.3. The van der Waals surface area contributed by atoms with Gasteiger partial charge in [0.25, 0.3) is 0 Å². The van der Waals surface area contributed by atoms with Crippen LogP contribution in [0.1, 0.15) is 0 Å². The maximum Gasteiger partial charge on any atom is 0.323 e. The second-order valence-corrected chi connectivity index (χ2v) is 4.89. The molecule has 2 aromatic carbocycles. The van der Waals surface area contributed by atoms with Crippen molar-refractivity contribution in [1.82, 2.24) is 4.98 Å². The summed E-state index contributed by atoms with van der Waals surface area (Å²) >= 11 is 5.59. The molecule has 1 heterocycles. The quantitative estimate of drug-likeness (QED) is 0.636. The van der Waals surface area contributed by atoms with E-state index < -0.39 is 11.8 Å². The van der Waals surface area contributed by atoms with Crippen LogP contribution in [0.2, 0.25) is 5.02 Å². The molecule has 3 rings (SSSR count). The first-order valence-corrected chi connectivity index (χ1v) is 6.60. The molecule has 0 spiro atoms. The van der Waals surface area contributed by atoms with Crippen molar-refractivity contribution >= 4 is 39.9 Å². The molecule has 0 aliphatic heterocycles. The van der Waals surface area contributed by atoms with Crippen LogP contribution in [0.4, 0.5) is 20.6 Å². The second kappa shape index (κ2) is 5.46. The molecule has 106 valence electrons. The highest BCUT2D eigenvalue weighted by Crippen LogP contribution is 2.20. The number of benzene rings is 2. The maximum absolute atomic E-state index is 13.3. The summed E-state index contributed by atoms with van der Waals surface area (Å²) in [6.07, 6.45) is 1.82. The predicted octanol–water partition coefficient (Wildman–Crippen LogP) is 4.60. The number of H-pyrrole nitrogens is 1. The van der Waals surface area contributed by atoms with Gasteiger partial charge in [-0.2, -0.15) is 0 Å². The van der Waals surface area contributed by atoms with Gasteiger partial charge in [0.05, 0.1) is 5.02 Å². The lowest BCUT2D eigenvalue weighted by molar-refractivity contribution is 0.262. The summed E-state index contributed by atoms with van der Waals surface area (Å²) in [6, 6.07) is 11.0. The van der Waals surface area contributed by atoms with E-state index in [2.05, 4.69) is 15.6 Å². The summed E-state index contributed by atoms with van der Waals surface area (Å²) in [5.74, 6) is -0.580. The van der Waals surface area contributed by atoms with Crippen molar-refractivity contribution < 1.29 is 9.18 Å². The van der Waals surface area contributed by atoms with Gasteiger partial charge in [-0.05, 0) is 42.5 Å². The van der Waals surface area contributed by atoms with Crippen molar-refractivity contribution in [2.75, 3.05) is 10.6 Å². The Morgan fingerprint density at radius 3 is 2.52 bits per heavy atom. The van der Waals surface area contributed by atoms with Gasteiger partial charge in [0.2, 0.25) is 0 Å². The molecule has 0 radical (unpaired) electrons. The van der Waals surface area contributed by atoms with E-state index in [-0.39, 0.29) is 5.02 Å². The van der Waals surface area contributed by atoms with E-state index in [1.165, 1.54) is 12.1 Å². The zero-order chi connectivity index (χ0) is 14.8. The van der Waals surface area contributed by atoms with Crippen LogP contribution in [-0.2, 0) is 0 Å². The molecule has 3 aromatic rings. The van der Waals surface area contributed by atoms with Gasteiger partial charge in [0, 0.05) is 28.5 Å². The highest BCUT2D eigenvalue weighted by molar-refractivity contribution is 6.30. The van der Waals surface area contributed by atoms with Crippen LogP contribution in [0.25, 0.3) is 10.9 Å². The van der Waals surface area contributed by atoms with Crippen molar-refractivity contribution in [2.24, 2.45) is 0 Å². The average molecular weight is 304 g/mol. The number of hydrogen-bond acceptors (Lipinski definition) is 1. The molecular weight excluding hydrogens is 293 g/mol. The molecule has 0 unspecified atom stereocenters. The van der Waals surface area contributed by atoms with Crippen molar-refractivity contribution in [1.29, 1.82) is 0 Å².